The van der Waals surface area contributed by atoms with E-state index in [0.717, 1.165) is 51.4 Å². The molecule has 4 heteroatoms. The van der Waals surface area contributed by atoms with Crippen molar-refractivity contribution in [3.63, 3.8) is 0 Å². The standard InChI is InChI=1S/C20H39NO3/c1-4-7-10-13-16-21(17-14-11-8-5-2)19(22)20(23)24-18-15-12-9-6-3/h4-18H2,1-3H3. The fraction of sp³-hybridized carbons (Fsp3) is 0.900. The Bertz CT molecular complexity index is 306. The van der Waals surface area contributed by atoms with E-state index in [0.29, 0.717) is 19.7 Å². The number of rotatable bonds is 15. The van der Waals surface area contributed by atoms with E-state index in [4.69, 9.17) is 4.74 Å². The number of amides is 1. The monoisotopic (exact) mass is 341 g/mol. The van der Waals surface area contributed by atoms with Gasteiger partial charge in [0.05, 0.1) is 6.61 Å². The van der Waals surface area contributed by atoms with E-state index in [1.54, 1.807) is 4.90 Å². The molecule has 142 valence electrons. The van der Waals surface area contributed by atoms with Gasteiger partial charge in [0.2, 0.25) is 0 Å². The third-order valence-electron chi connectivity index (χ3n) is 4.26. The zero-order chi connectivity index (χ0) is 18.0. The molecule has 0 atom stereocenters. The number of ether oxygens (including phenoxy) is 1. The van der Waals surface area contributed by atoms with Gasteiger partial charge in [-0.15, -0.1) is 0 Å². The van der Waals surface area contributed by atoms with Crippen LogP contribution >= 0.6 is 0 Å². The van der Waals surface area contributed by atoms with Gasteiger partial charge in [0.25, 0.3) is 0 Å². The fourth-order valence-corrected chi connectivity index (χ4v) is 2.66. The van der Waals surface area contributed by atoms with Crippen molar-refractivity contribution in [3.05, 3.63) is 0 Å². The smallest absolute Gasteiger partial charge is 0.397 e. The highest BCUT2D eigenvalue weighted by atomic mass is 16.5. The van der Waals surface area contributed by atoms with Crippen molar-refractivity contribution in [3.8, 4) is 0 Å². The molecule has 0 saturated carbocycles. The SMILES string of the molecule is CCCCCCOC(=O)C(=O)N(CCCCCC)CCCCCC. The van der Waals surface area contributed by atoms with Gasteiger partial charge in [0.1, 0.15) is 0 Å². The lowest BCUT2D eigenvalue weighted by Crippen LogP contribution is -2.39. The van der Waals surface area contributed by atoms with Crippen LogP contribution in [0.4, 0.5) is 0 Å². The highest BCUT2D eigenvalue weighted by molar-refractivity contribution is 6.32. The van der Waals surface area contributed by atoms with Gasteiger partial charge in [-0.2, -0.15) is 0 Å². The van der Waals surface area contributed by atoms with Gasteiger partial charge in [-0.3, -0.25) is 4.79 Å². The first-order valence-corrected chi connectivity index (χ1v) is 10.1. The molecule has 0 aromatic carbocycles. The molecule has 0 fully saturated rings. The van der Waals surface area contributed by atoms with E-state index in [-0.39, 0.29) is 0 Å². The zero-order valence-electron chi connectivity index (χ0n) is 16.3. The van der Waals surface area contributed by atoms with Gasteiger partial charge in [-0.25, -0.2) is 4.79 Å². The zero-order valence-corrected chi connectivity index (χ0v) is 16.3. The summed E-state index contributed by atoms with van der Waals surface area (Å²) in [7, 11) is 0. The highest BCUT2D eigenvalue weighted by Gasteiger charge is 2.22. The number of carbonyl (C=O) groups excluding carboxylic acids is 2. The lowest BCUT2D eigenvalue weighted by molar-refractivity contribution is -0.160. The Kier molecular flexibility index (Phi) is 16.0. The molecule has 0 heterocycles. The average molecular weight is 342 g/mol. The van der Waals surface area contributed by atoms with Crippen molar-refractivity contribution in [1.29, 1.82) is 0 Å². The van der Waals surface area contributed by atoms with Crippen LogP contribution in [0.3, 0.4) is 0 Å². The van der Waals surface area contributed by atoms with Crippen LogP contribution in [-0.4, -0.2) is 36.5 Å². The minimum atomic E-state index is -0.669. The van der Waals surface area contributed by atoms with Crippen LogP contribution in [0.1, 0.15) is 97.8 Å². The molecule has 4 nitrogen and oxygen atoms in total. The van der Waals surface area contributed by atoms with Gasteiger partial charge >= 0.3 is 11.9 Å². The molecule has 0 rings (SSSR count). The van der Waals surface area contributed by atoms with Crippen molar-refractivity contribution >= 4 is 11.9 Å². The van der Waals surface area contributed by atoms with Crippen LogP contribution in [0.5, 0.6) is 0 Å². The minimum absolute atomic E-state index is 0.365. The largest absolute Gasteiger partial charge is 0.459 e. The molecule has 0 radical (unpaired) electrons. The molecule has 0 aliphatic carbocycles. The van der Waals surface area contributed by atoms with E-state index >= 15 is 0 Å². The predicted molar refractivity (Wildman–Crippen MR) is 100.0 cm³/mol. The lowest BCUT2D eigenvalue weighted by Gasteiger charge is -2.21. The molecule has 0 aromatic heterocycles. The topological polar surface area (TPSA) is 46.6 Å². The highest BCUT2D eigenvalue weighted by Crippen LogP contribution is 2.07. The summed E-state index contributed by atoms with van der Waals surface area (Å²) in [5.41, 5.74) is 0. The molecule has 0 aliphatic heterocycles. The van der Waals surface area contributed by atoms with Gasteiger partial charge in [0, 0.05) is 13.1 Å². The number of hydrogen-bond donors (Lipinski definition) is 0. The first-order valence-electron chi connectivity index (χ1n) is 10.1. The second kappa shape index (κ2) is 16.8. The van der Waals surface area contributed by atoms with Crippen LogP contribution in [0.25, 0.3) is 0 Å². The Morgan fingerprint density at radius 1 is 0.667 bits per heavy atom. The summed E-state index contributed by atoms with van der Waals surface area (Å²) >= 11 is 0. The summed E-state index contributed by atoms with van der Waals surface area (Å²) in [6, 6.07) is 0. The van der Waals surface area contributed by atoms with E-state index in [1.165, 1.54) is 25.7 Å². The second-order valence-electron chi connectivity index (χ2n) is 6.61. The average Bonchev–Trinajstić information content (AvgIpc) is 2.59. The Morgan fingerprint density at radius 2 is 1.12 bits per heavy atom. The van der Waals surface area contributed by atoms with E-state index in [1.807, 2.05) is 0 Å². The molecule has 0 saturated heterocycles. The van der Waals surface area contributed by atoms with Gasteiger partial charge in [-0.1, -0.05) is 78.6 Å². The van der Waals surface area contributed by atoms with Crippen LogP contribution in [0.2, 0.25) is 0 Å². The number of nitrogens with zero attached hydrogens (tertiary/aromatic N) is 1. The van der Waals surface area contributed by atoms with Gasteiger partial charge < -0.3 is 9.64 Å². The van der Waals surface area contributed by atoms with Crippen molar-refractivity contribution in [2.45, 2.75) is 97.8 Å². The number of unbranched alkanes of at least 4 members (excludes halogenated alkanes) is 9. The molecular weight excluding hydrogens is 302 g/mol. The number of carbonyl (C=O) groups is 2. The summed E-state index contributed by atoms with van der Waals surface area (Å²) in [6.07, 6.45) is 13.1. The predicted octanol–water partition coefficient (Wildman–Crippen LogP) is 5.10. The Balaban J connectivity index is 4.22. The lowest BCUT2D eigenvalue weighted by atomic mass is 10.1. The summed E-state index contributed by atoms with van der Waals surface area (Å²) in [6.45, 7) is 8.20. The minimum Gasteiger partial charge on any atom is -0.459 e. The second-order valence-corrected chi connectivity index (χ2v) is 6.61. The van der Waals surface area contributed by atoms with Crippen LogP contribution in [-0.2, 0) is 14.3 Å². The molecule has 0 spiro atoms. The third kappa shape index (κ3) is 12.4. The van der Waals surface area contributed by atoms with E-state index in [9.17, 15) is 9.59 Å². The molecule has 24 heavy (non-hydrogen) atoms. The summed E-state index contributed by atoms with van der Waals surface area (Å²) in [4.78, 5) is 26.0. The Labute approximate surface area is 149 Å². The molecule has 0 aromatic rings. The van der Waals surface area contributed by atoms with E-state index in [2.05, 4.69) is 20.8 Å². The Hall–Kier alpha value is -1.06. The summed E-state index contributed by atoms with van der Waals surface area (Å²) in [5, 5.41) is 0. The van der Waals surface area contributed by atoms with Gasteiger partial charge in [-0.05, 0) is 19.3 Å². The molecule has 1 amide bonds. The molecule has 0 N–H and O–H groups in total. The van der Waals surface area contributed by atoms with Crippen molar-refractivity contribution in [1.82, 2.24) is 4.90 Å². The molecular formula is C20H39NO3. The maximum atomic E-state index is 12.3. The van der Waals surface area contributed by atoms with Crippen LogP contribution in [0.15, 0.2) is 0 Å². The van der Waals surface area contributed by atoms with Gasteiger partial charge in [0.15, 0.2) is 0 Å². The quantitative estimate of drug-likeness (QED) is 0.236. The maximum absolute atomic E-state index is 12.3. The number of hydrogen-bond acceptors (Lipinski definition) is 3. The van der Waals surface area contributed by atoms with Crippen LogP contribution in [0, 0.1) is 0 Å². The third-order valence-corrected chi connectivity index (χ3v) is 4.26. The van der Waals surface area contributed by atoms with Crippen molar-refractivity contribution in [2.75, 3.05) is 19.7 Å². The van der Waals surface area contributed by atoms with Crippen LogP contribution < -0.4 is 0 Å². The van der Waals surface area contributed by atoms with E-state index < -0.39 is 11.9 Å². The van der Waals surface area contributed by atoms with Crippen molar-refractivity contribution in [2.24, 2.45) is 0 Å². The summed E-state index contributed by atoms with van der Waals surface area (Å²) in [5.74, 6) is -1.11. The number of esters is 1. The molecule has 0 bridgehead atoms. The van der Waals surface area contributed by atoms with Crippen molar-refractivity contribution < 1.29 is 14.3 Å². The molecule has 0 unspecified atom stereocenters. The fourth-order valence-electron chi connectivity index (χ4n) is 2.66. The maximum Gasteiger partial charge on any atom is 0.397 e. The summed E-state index contributed by atoms with van der Waals surface area (Å²) < 4.78 is 5.16. The first kappa shape index (κ1) is 22.9. The first-order chi connectivity index (χ1) is 11.7. The normalized spacial score (nSPS) is 10.6. The Morgan fingerprint density at radius 3 is 1.58 bits per heavy atom. The molecule has 0 aliphatic rings.